The molecule has 0 aliphatic carbocycles. The fourth-order valence-corrected chi connectivity index (χ4v) is 3.76. The van der Waals surface area contributed by atoms with Gasteiger partial charge in [-0.15, -0.1) is 11.8 Å². The van der Waals surface area contributed by atoms with Gasteiger partial charge in [0.05, 0.1) is 5.69 Å². The first-order valence-electron chi connectivity index (χ1n) is 6.07. The summed E-state index contributed by atoms with van der Waals surface area (Å²) < 4.78 is 27.1. The van der Waals surface area contributed by atoms with Gasteiger partial charge in [0, 0.05) is 11.1 Å². The smallest absolute Gasteiger partial charge is 0.266 e. The van der Waals surface area contributed by atoms with E-state index in [0.29, 0.717) is 5.69 Å². The summed E-state index contributed by atoms with van der Waals surface area (Å²) in [5.74, 6) is 0.823. The van der Waals surface area contributed by atoms with Crippen LogP contribution in [-0.2, 0) is 10.0 Å². The van der Waals surface area contributed by atoms with Crippen molar-refractivity contribution in [3.8, 4) is 0 Å². The van der Waals surface area contributed by atoms with E-state index in [-0.39, 0.29) is 9.92 Å². The van der Waals surface area contributed by atoms with E-state index in [1.54, 1.807) is 12.1 Å². The van der Waals surface area contributed by atoms with Crippen LogP contribution in [0.5, 0.6) is 0 Å². The van der Waals surface area contributed by atoms with E-state index in [2.05, 4.69) is 9.71 Å². The predicted octanol–water partition coefficient (Wildman–Crippen LogP) is 2.94. The fraction of sp³-hybridized carbons (Fsp3) is 0.154. The second-order valence-electron chi connectivity index (χ2n) is 4.05. The molecule has 0 aliphatic rings. The molecule has 1 aromatic heterocycles. The van der Waals surface area contributed by atoms with Crippen molar-refractivity contribution >= 4 is 39.1 Å². The third kappa shape index (κ3) is 3.81. The van der Waals surface area contributed by atoms with Crippen LogP contribution in [-0.4, -0.2) is 19.2 Å². The van der Waals surface area contributed by atoms with Gasteiger partial charge in [0.15, 0.2) is 0 Å². The number of nitrogens with one attached hydrogen (secondary N) is 2. The minimum atomic E-state index is -3.81. The molecule has 1 heterocycles. The van der Waals surface area contributed by atoms with Crippen LogP contribution in [0, 0.1) is 0 Å². The Labute approximate surface area is 131 Å². The Kier molecular flexibility index (Phi) is 4.97. The average Bonchev–Trinajstić information content (AvgIpc) is 2.44. The van der Waals surface area contributed by atoms with Crippen LogP contribution in [0.25, 0.3) is 0 Å². The number of aromatic nitrogens is 1. The van der Waals surface area contributed by atoms with Gasteiger partial charge in [-0.05, 0) is 24.0 Å². The molecule has 0 radical (unpaired) electrons. The molecule has 0 saturated heterocycles. The van der Waals surface area contributed by atoms with Crippen molar-refractivity contribution in [3.63, 3.8) is 0 Å². The third-order valence-corrected chi connectivity index (χ3v) is 5.15. The number of pyridine rings is 1. The van der Waals surface area contributed by atoms with E-state index in [1.807, 2.05) is 19.1 Å². The van der Waals surface area contributed by atoms with Crippen molar-refractivity contribution in [2.75, 3.05) is 10.5 Å². The molecule has 1 aromatic carbocycles. The summed E-state index contributed by atoms with van der Waals surface area (Å²) in [7, 11) is -3.81. The average molecular weight is 345 g/mol. The molecule has 0 fully saturated rings. The predicted molar refractivity (Wildman–Crippen MR) is 85.7 cm³/mol. The highest BCUT2D eigenvalue weighted by atomic mass is 35.5. The number of hydrogen-bond acceptors (Lipinski definition) is 4. The van der Waals surface area contributed by atoms with Gasteiger partial charge in [-0.1, -0.05) is 30.7 Å². The van der Waals surface area contributed by atoms with Gasteiger partial charge in [-0.25, -0.2) is 8.42 Å². The Morgan fingerprint density at radius 2 is 2.05 bits per heavy atom. The monoisotopic (exact) mass is 344 g/mol. The summed E-state index contributed by atoms with van der Waals surface area (Å²) >= 11 is 7.20. The van der Waals surface area contributed by atoms with Gasteiger partial charge < -0.3 is 4.98 Å². The lowest BCUT2D eigenvalue weighted by molar-refractivity contribution is 0.600. The molecule has 0 saturated carbocycles. The molecule has 0 unspecified atom stereocenters. The number of H-pyrrole nitrogens is 1. The van der Waals surface area contributed by atoms with Crippen molar-refractivity contribution in [2.45, 2.75) is 16.7 Å². The van der Waals surface area contributed by atoms with E-state index < -0.39 is 15.6 Å². The van der Waals surface area contributed by atoms with Crippen LogP contribution < -0.4 is 10.3 Å². The molecule has 0 atom stereocenters. The van der Waals surface area contributed by atoms with E-state index in [9.17, 15) is 13.2 Å². The van der Waals surface area contributed by atoms with Gasteiger partial charge >= 0.3 is 0 Å². The van der Waals surface area contributed by atoms with Crippen molar-refractivity contribution < 1.29 is 8.42 Å². The highest BCUT2D eigenvalue weighted by Gasteiger charge is 2.17. The SMILES string of the molecule is CCSc1ccccc1NS(=O)(=O)c1c[nH]c(=O)c(Cl)c1. The first-order chi connectivity index (χ1) is 9.94. The molecule has 2 N–H and O–H groups in total. The van der Waals surface area contributed by atoms with Crippen LogP contribution in [0.1, 0.15) is 6.92 Å². The highest BCUT2D eigenvalue weighted by Crippen LogP contribution is 2.28. The molecule has 0 bridgehead atoms. The van der Waals surface area contributed by atoms with Gasteiger partial charge in [0.25, 0.3) is 15.6 Å². The molecule has 0 aliphatic heterocycles. The summed E-state index contributed by atoms with van der Waals surface area (Å²) in [4.78, 5) is 14.2. The van der Waals surface area contributed by atoms with Gasteiger partial charge in [-0.2, -0.15) is 0 Å². The van der Waals surface area contributed by atoms with Gasteiger partial charge in [0.1, 0.15) is 9.92 Å². The summed E-state index contributed by atoms with van der Waals surface area (Å²) in [6.45, 7) is 1.98. The van der Waals surface area contributed by atoms with Crippen LogP contribution >= 0.6 is 23.4 Å². The maximum Gasteiger partial charge on any atom is 0.266 e. The Morgan fingerprint density at radius 3 is 2.71 bits per heavy atom. The number of halogens is 1. The molecular weight excluding hydrogens is 332 g/mol. The van der Waals surface area contributed by atoms with Crippen molar-refractivity contribution in [1.82, 2.24) is 4.98 Å². The first-order valence-corrected chi connectivity index (χ1v) is 8.91. The Balaban J connectivity index is 2.37. The lowest BCUT2D eigenvalue weighted by atomic mass is 10.3. The molecule has 5 nitrogen and oxygen atoms in total. The first kappa shape index (κ1) is 15.9. The molecular formula is C13H13ClN2O3S2. The topological polar surface area (TPSA) is 79.0 Å². The van der Waals surface area contributed by atoms with E-state index >= 15 is 0 Å². The van der Waals surface area contributed by atoms with Crippen LogP contribution in [0.2, 0.25) is 5.02 Å². The molecule has 21 heavy (non-hydrogen) atoms. The Morgan fingerprint density at radius 1 is 1.33 bits per heavy atom. The minimum Gasteiger partial charge on any atom is -0.326 e. The summed E-state index contributed by atoms with van der Waals surface area (Å²) in [6, 6.07) is 8.23. The number of thioether (sulfide) groups is 1. The molecule has 112 valence electrons. The fourth-order valence-electron chi connectivity index (χ4n) is 1.63. The molecule has 8 heteroatoms. The second-order valence-corrected chi connectivity index (χ2v) is 7.44. The molecule has 0 spiro atoms. The summed E-state index contributed by atoms with van der Waals surface area (Å²) in [5, 5.41) is -0.172. The van der Waals surface area contributed by atoms with Gasteiger partial charge in [0.2, 0.25) is 0 Å². The van der Waals surface area contributed by atoms with E-state index in [1.165, 1.54) is 11.8 Å². The van der Waals surface area contributed by atoms with E-state index in [0.717, 1.165) is 22.9 Å². The van der Waals surface area contributed by atoms with Crippen LogP contribution in [0.3, 0.4) is 0 Å². The lowest BCUT2D eigenvalue weighted by Crippen LogP contribution is -2.16. The molecule has 2 aromatic rings. The number of para-hydroxylation sites is 1. The Bertz CT molecular complexity index is 803. The zero-order valence-corrected chi connectivity index (χ0v) is 13.5. The normalized spacial score (nSPS) is 11.3. The lowest BCUT2D eigenvalue weighted by Gasteiger charge is -2.11. The largest absolute Gasteiger partial charge is 0.326 e. The molecule has 2 rings (SSSR count). The van der Waals surface area contributed by atoms with Crippen molar-refractivity contribution in [3.05, 3.63) is 51.9 Å². The highest BCUT2D eigenvalue weighted by molar-refractivity contribution is 7.99. The second kappa shape index (κ2) is 6.55. The number of aromatic amines is 1. The summed E-state index contributed by atoms with van der Waals surface area (Å²) in [6.07, 6.45) is 1.12. The summed E-state index contributed by atoms with van der Waals surface area (Å²) in [5.41, 5.74) is -0.0378. The maximum atomic E-state index is 12.3. The number of hydrogen-bond donors (Lipinski definition) is 2. The third-order valence-electron chi connectivity index (χ3n) is 2.57. The quantitative estimate of drug-likeness (QED) is 0.817. The standard InChI is InChI=1S/C13H13ClN2O3S2/c1-2-20-12-6-4-3-5-11(12)16-21(18,19)9-7-10(14)13(17)15-8-9/h3-8,16H,2H2,1H3,(H,15,17). The number of sulfonamides is 1. The van der Waals surface area contributed by atoms with E-state index in [4.69, 9.17) is 11.6 Å². The van der Waals surface area contributed by atoms with Crippen molar-refractivity contribution in [2.24, 2.45) is 0 Å². The van der Waals surface area contributed by atoms with Gasteiger partial charge in [-0.3, -0.25) is 9.52 Å². The number of rotatable bonds is 5. The molecule has 0 amide bonds. The Hall–Kier alpha value is -1.44. The van der Waals surface area contributed by atoms with Crippen molar-refractivity contribution in [1.29, 1.82) is 0 Å². The zero-order valence-electron chi connectivity index (χ0n) is 11.1. The number of anilines is 1. The van der Waals surface area contributed by atoms with Crippen LogP contribution in [0.4, 0.5) is 5.69 Å². The zero-order chi connectivity index (χ0) is 15.5. The minimum absolute atomic E-state index is 0.0941. The number of benzene rings is 1. The van der Waals surface area contributed by atoms with Crippen LogP contribution in [0.15, 0.2) is 51.1 Å². The maximum absolute atomic E-state index is 12.3.